The molecule has 172 valence electrons. The summed E-state index contributed by atoms with van der Waals surface area (Å²) in [4.78, 5) is 25.2. The molecule has 3 aromatic rings. The number of esters is 1. The fraction of sp³-hybridized carbons (Fsp3) is 0.240. The van der Waals surface area contributed by atoms with Crippen LogP contribution < -0.4 is 10.2 Å². The van der Waals surface area contributed by atoms with Gasteiger partial charge >= 0.3 is 5.97 Å². The zero-order chi connectivity index (χ0) is 23.8. The Morgan fingerprint density at radius 3 is 2.58 bits per heavy atom. The quantitative estimate of drug-likeness (QED) is 0.217. The number of methoxy groups -OCH3 is 1. The minimum absolute atomic E-state index is 0.192. The largest absolute Gasteiger partial charge is 0.497 e. The van der Waals surface area contributed by atoms with E-state index in [-0.39, 0.29) is 17.6 Å². The molecule has 0 spiro atoms. The topological polar surface area (TPSA) is 81.9 Å². The zero-order valence-corrected chi connectivity index (χ0v) is 19.9. The van der Waals surface area contributed by atoms with E-state index in [0.29, 0.717) is 12.2 Å². The maximum atomic E-state index is 12.1. The van der Waals surface area contributed by atoms with Crippen LogP contribution in [0.15, 0.2) is 64.6 Å². The second kappa shape index (κ2) is 11.4. The molecule has 2 aromatic carbocycles. The van der Waals surface area contributed by atoms with Crippen molar-refractivity contribution in [2.75, 3.05) is 19.5 Å². The molecule has 1 heterocycles. The maximum Gasteiger partial charge on any atom is 0.338 e. The van der Waals surface area contributed by atoms with Crippen LogP contribution in [-0.4, -0.2) is 42.1 Å². The molecule has 0 saturated carbocycles. The van der Waals surface area contributed by atoms with E-state index in [0.717, 1.165) is 33.3 Å². The summed E-state index contributed by atoms with van der Waals surface area (Å²) in [7, 11) is 1.62. The fourth-order valence-electron chi connectivity index (χ4n) is 3.33. The highest BCUT2D eigenvalue weighted by molar-refractivity contribution is 8.00. The number of nitrogens with one attached hydrogen (secondary N) is 1. The van der Waals surface area contributed by atoms with Crippen molar-refractivity contribution in [3.63, 3.8) is 0 Å². The SMILES string of the molecule is CCOC(=O)c1cccc(-n2c(C)cc(/C=N/NC(=O)CSc3ccc(OC)cc3)c2C)c1. The lowest BCUT2D eigenvalue weighted by molar-refractivity contribution is -0.118. The molecule has 8 heteroatoms. The number of benzene rings is 2. The molecule has 0 unspecified atom stereocenters. The second-order valence-corrected chi connectivity index (χ2v) is 8.24. The van der Waals surface area contributed by atoms with Crippen LogP contribution in [0.3, 0.4) is 0 Å². The number of aromatic nitrogens is 1. The minimum atomic E-state index is -0.348. The maximum absolute atomic E-state index is 12.1. The van der Waals surface area contributed by atoms with Crippen molar-refractivity contribution in [2.24, 2.45) is 5.10 Å². The van der Waals surface area contributed by atoms with Gasteiger partial charge in [-0.3, -0.25) is 4.79 Å². The lowest BCUT2D eigenvalue weighted by atomic mass is 10.2. The van der Waals surface area contributed by atoms with E-state index in [9.17, 15) is 9.59 Å². The molecule has 1 aromatic heterocycles. The fourth-order valence-corrected chi connectivity index (χ4v) is 4.02. The van der Waals surface area contributed by atoms with Gasteiger partial charge in [-0.2, -0.15) is 5.10 Å². The van der Waals surface area contributed by atoms with Crippen molar-refractivity contribution in [3.05, 3.63) is 77.1 Å². The molecule has 0 aliphatic rings. The number of hydrogen-bond acceptors (Lipinski definition) is 6. The molecule has 0 aliphatic heterocycles. The van der Waals surface area contributed by atoms with Crippen molar-refractivity contribution in [3.8, 4) is 11.4 Å². The first-order valence-corrected chi connectivity index (χ1v) is 11.5. The average Bonchev–Trinajstić information content (AvgIpc) is 3.11. The van der Waals surface area contributed by atoms with Crippen LogP contribution in [0, 0.1) is 13.8 Å². The predicted molar refractivity (Wildman–Crippen MR) is 131 cm³/mol. The smallest absolute Gasteiger partial charge is 0.338 e. The summed E-state index contributed by atoms with van der Waals surface area (Å²) < 4.78 is 12.3. The van der Waals surface area contributed by atoms with Crippen LogP contribution >= 0.6 is 11.8 Å². The Hall–Kier alpha value is -3.52. The monoisotopic (exact) mass is 465 g/mol. The molecular formula is C25H27N3O4S. The van der Waals surface area contributed by atoms with E-state index < -0.39 is 0 Å². The van der Waals surface area contributed by atoms with Gasteiger partial charge in [-0.25, -0.2) is 10.2 Å². The highest BCUT2D eigenvalue weighted by Crippen LogP contribution is 2.22. The van der Waals surface area contributed by atoms with Gasteiger partial charge in [0.05, 0.1) is 31.2 Å². The Kier molecular flexibility index (Phi) is 8.32. The lowest BCUT2D eigenvalue weighted by Crippen LogP contribution is -2.19. The lowest BCUT2D eigenvalue weighted by Gasteiger charge is -2.11. The number of hydrogen-bond donors (Lipinski definition) is 1. The van der Waals surface area contributed by atoms with Crippen LogP contribution in [0.1, 0.15) is 34.2 Å². The molecule has 3 rings (SSSR count). The van der Waals surface area contributed by atoms with Gasteiger partial charge < -0.3 is 14.0 Å². The first kappa shape index (κ1) is 24.1. The minimum Gasteiger partial charge on any atom is -0.497 e. The van der Waals surface area contributed by atoms with Crippen molar-refractivity contribution in [2.45, 2.75) is 25.7 Å². The third-order valence-corrected chi connectivity index (χ3v) is 5.92. The number of ether oxygens (including phenoxy) is 2. The van der Waals surface area contributed by atoms with Gasteiger partial charge in [-0.1, -0.05) is 6.07 Å². The summed E-state index contributed by atoms with van der Waals surface area (Å²) >= 11 is 1.42. The van der Waals surface area contributed by atoms with Crippen molar-refractivity contribution in [1.29, 1.82) is 0 Å². The Morgan fingerprint density at radius 2 is 1.88 bits per heavy atom. The van der Waals surface area contributed by atoms with E-state index in [1.807, 2.05) is 60.9 Å². The van der Waals surface area contributed by atoms with Crippen LogP contribution in [0.4, 0.5) is 0 Å². The normalized spacial score (nSPS) is 10.9. The number of hydrazone groups is 1. The van der Waals surface area contributed by atoms with E-state index in [2.05, 4.69) is 10.5 Å². The second-order valence-electron chi connectivity index (χ2n) is 7.19. The molecule has 1 N–H and O–H groups in total. The number of rotatable bonds is 9. The van der Waals surface area contributed by atoms with Crippen LogP contribution in [-0.2, 0) is 9.53 Å². The number of amides is 1. The molecular weight excluding hydrogens is 438 g/mol. The van der Waals surface area contributed by atoms with Gasteiger partial charge in [-0.05, 0) is 69.3 Å². The molecule has 0 atom stereocenters. The average molecular weight is 466 g/mol. The highest BCUT2D eigenvalue weighted by atomic mass is 32.2. The first-order valence-electron chi connectivity index (χ1n) is 10.5. The molecule has 0 saturated heterocycles. The van der Waals surface area contributed by atoms with Gasteiger partial charge in [0.1, 0.15) is 5.75 Å². The van der Waals surface area contributed by atoms with Crippen molar-refractivity contribution >= 4 is 29.9 Å². The van der Waals surface area contributed by atoms with Gasteiger partial charge in [0.15, 0.2) is 0 Å². The number of aryl methyl sites for hydroxylation is 1. The number of carbonyl (C=O) groups is 2. The van der Waals surface area contributed by atoms with E-state index in [4.69, 9.17) is 9.47 Å². The van der Waals surface area contributed by atoms with Crippen LogP contribution in [0.2, 0.25) is 0 Å². The van der Waals surface area contributed by atoms with Gasteiger partial charge in [-0.15, -0.1) is 11.8 Å². The summed E-state index contributed by atoms with van der Waals surface area (Å²) in [5, 5.41) is 4.11. The Morgan fingerprint density at radius 1 is 1.12 bits per heavy atom. The number of thioether (sulfide) groups is 1. The molecule has 0 bridgehead atoms. The Labute approximate surface area is 197 Å². The van der Waals surface area contributed by atoms with E-state index in [1.54, 1.807) is 32.4 Å². The summed E-state index contributed by atoms with van der Waals surface area (Å²) in [5.41, 5.74) is 6.73. The summed E-state index contributed by atoms with van der Waals surface area (Å²) in [6.07, 6.45) is 1.63. The van der Waals surface area contributed by atoms with E-state index in [1.165, 1.54) is 11.8 Å². The van der Waals surface area contributed by atoms with Gasteiger partial charge in [0.2, 0.25) is 5.91 Å². The third-order valence-electron chi connectivity index (χ3n) is 4.91. The van der Waals surface area contributed by atoms with Crippen molar-refractivity contribution < 1.29 is 19.1 Å². The van der Waals surface area contributed by atoms with Gasteiger partial charge in [0.25, 0.3) is 0 Å². The van der Waals surface area contributed by atoms with E-state index >= 15 is 0 Å². The summed E-state index contributed by atoms with van der Waals surface area (Å²) in [6, 6.07) is 16.8. The molecule has 0 fully saturated rings. The Balaban J connectivity index is 1.64. The highest BCUT2D eigenvalue weighted by Gasteiger charge is 2.12. The molecule has 0 radical (unpaired) electrons. The zero-order valence-electron chi connectivity index (χ0n) is 19.1. The third kappa shape index (κ3) is 6.26. The Bertz CT molecular complexity index is 1150. The summed E-state index contributed by atoms with van der Waals surface area (Å²) in [6.45, 7) is 6.05. The standard InChI is InChI=1S/C25H27N3O4S/c1-5-32-25(30)19-7-6-8-21(14-19)28-17(2)13-20(18(28)3)15-26-27-24(29)16-33-23-11-9-22(31-4)10-12-23/h6-15H,5,16H2,1-4H3,(H,27,29)/b26-15+. The molecule has 7 nitrogen and oxygen atoms in total. The van der Waals surface area contributed by atoms with Crippen LogP contribution in [0.5, 0.6) is 5.75 Å². The first-order chi connectivity index (χ1) is 15.9. The summed E-state index contributed by atoms with van der Waals surface area (Å²) in [5.74, 6) is 0.490. The number of nitrogens with zero attached hydrogens (tertiary/aromatic N) is 2. The molecule has 1 amide bonds. The van der Waals surface area contributed by atoms with Gasteiger partial charge in [0, 0.05) is 27.5 Å². The van der Waals surface area contributed by atoms with Crippen molar-refractivity contribution in [1.82, 2.24) is 9.99 Å². The molecule has 0 aliphatic carbocycles. The van der Waals surface area contributed by atoms with Crippen LogP contribution in [0.25, 0.3) is 5.69 Å². The number of carbonyl (C=O) groups excluding carboxylic acids is 2. The predicted octanol–water partition coefficient (Wildman–Crippen LogP) is 4.52. The molecule has 33 heavy (non-hydrogen) atoms.